The highest BCUT2D eigenvalue weighted by atomic mass is 16.5. The van der Waals surface area contributed by atoms with E-state index in [1.165, 1.54) is 0 Å². The Morgan fingerprint density at radius 3 is 2.58 bits per heavy atom. The normalized spacial score (nSPS) is 11.7. The molecule has 0 bridgehead atoms. The molecule has 0 atom stereocenters. The molecular formula is C9H16N2O. The minimum Gasteiger partial charge on any atom is -0.465 e. The fourth-order valence-corrected chi connectivity index (χ4v) is 0.894. The maximum atomic E-state index is 5.22. The lowest BCUT2D eigenvalue weighted by Gasteiger charge is -2.14. The fourth-order valence-electron chi connectivity index (χ4n) is 0.894. The lowest BCUT2D eigenvalue weighted by molar-refractivity contribution is 0.314. The van der Waals surface area contributed by atoms with E-state index in [2.05, 4.69) is 30.7 Å². The van der Waals surface area contributed by atoms with Crippen molar-refractivity contribution < 1.29 is 4.74 Å². The molecule has 3 heteroatoms. The van der Waals surface area contributed by atoms with Crippen LogP contribution in [0.1, 0.15) is 33.4 Å². The van der Waals surface area contributed by atoms with Gasteiger partial charge in [0.15, 0.2) is 0 Å². The number of hydrogen-bond donors (Lipinski definition) is 1. The standard InChI is InChI=1S/C9H16N2O/c1-5-12-8-10-6-7(11-8)9(2,3)4/h6H,5H2,1-4H3,(H,10,11). The largest absolute Gasteiger partial charge is 0.465 e. The van der Waals surface area contributed by atoms with Crippen molar-refractivity contribution in [1.29, 1.82) is 0 Å². The van der Waals surface area contributed by atoms with Crippen LogP contribution in [0.3, 0.4) is 0 Å². The zero-order valence-corrected chi connectivity index (χ0v) is 8.14. The molecule has 1 aromatic heterocycles. The maximum Gasteiger partial charge on any atom is 0.293 e. The zero-order valence-electron chi connectivity index (χ0n) is 8.14. The van der Waals surface area contributed by atoms with E-state index < -0.39 is 0 Å². The molecule has 12 heavy (non-hydrogen) atoms. The van der Waals surface area contributed by atoms with E-state index in [0.29, 0.717) is 12.6 Å². The van der Waals surface area contributed by atoms with Gasteiger partial charge in [0.2, 0.25) is 0 Å². The molecule has 0 radical (unpaired) electrons. The van der Waals surface area contributed by atoms with Crippen molar-refractivity contribution in [2.45, 2.75) is 33.1 Å². The van der Waals surface area contributed by atoms with Gasteiger partial charge in [-0.15, -0.1) is 0 Å². The summed E-state index contributed by atoms with van der Waals surface area (Å²) in [5, 5.41) is 0. The molecule has 0 saturated carbocycles. The van der Waals surface area contributed by atoms with E-state index in [1.54, 1.807) is 0 Å². The van der Waals surface area contributed by atoms with Crippen LogP contribution in [0.25, 0.3) is 0 Å². The molecule has 0 saturated heterocycles. The predicted octanol–water partition coefficient (Wildman–Crippen LogP) is 2.11. The van der Waals surface area contributed by atoms with Gasteiger partial charge in [0.25, 0.3) is 6.01 Å². The van der Waals surface area contributed by atoms with Crippen LogP contribution in [-0.2, 0) is 5.41 Å². The molecule has 1 heterocycles. The quantitative estimate of drug-likeness (QED) is 0.734. The summed E-state index contributed by atoms with van der Waals surface area (Å²) in [7, 11) is 0. The second-order valence-corrected chi connectivity index (χ2v) is 3.79. The van der Waals surface area contributed by atoms with E-state index in [9.17, 15) is 0 Å². The number of nitrogens with zero attached hydrogens (tertiary/aromatic N) is 1. The fraction of sp³-hybridized carbons (Fsp3) is 0.667. The molecule has 0 aliphatic carbocycles. The molecule has 68 valence electrons. The summed E-state index contributed by atoms with van der Waals surface area (Å²) in [5.41, 5.74) is 1.22. The van der Waals surface area contributed by atoms with Gasteiger partial charge in [0, 0.05) is 11.1 Å². The van der Waals surface area contributed by atoms with Crippen LogP contribution in [0.5, 0.6) is 6.01 Å². The number of aromatic nitrogens is 2. The van der Waals surface area contributed by atoms with Crippen LogP contribution in [-0.4, -0.2) is 16.6 Å². The summed E-state index contributed by atoms with van der Waals surface area (Å²) < 4.78 is 5.22. The van der Waals surface area contributed by atoms with E-state index >= 15 is 0 Å². The predicted molar refractivity (Wildman–Crippen MR) is 48.5 cm³/mol. The van der Waals surface area contributed by atoms with Gasteiger partial charge >= 0.3 is 0 Å². The average Bonchev–Trinajstić information content (AvgIpc) is 2.35. The summed E-state index contributed by atoms with van der Waals surface area (Å²) in [6, 6.07) is 0.613. The van der Waals surface area contributed by atoms with Gasteiger partial charge in [-0.2, -0.15) is 0 Å². The highest BCUT2D eigenvalue weighted by Gasteiger charge is 2.16. The third-order valence-electron chi connectivity index (χ3n) is 1.64. The molecule has 1 N–H and O–H groups in total. The van der Waals surface area contributed by atoms with Gasteiger partial charge in [-0.1, -0.05) is 20.8 Å². The van der Waals surface area contributed by atoms with Crippen LogP contribution in [0.4, 0.5) is 0 Å². The average molecular weight is 168 g/mol. The van der Waals surface area contributed by atoms with Crippen molar-refractivity contribution in [2.24, 2.45) is 0 Å². The van der Waals surface area contributed by atoms with Crippen LogP contribution in [0.15, 0.2) is 6.20 Å². The summed E-state index contributed by atoms with van der Waals surface area (Å²) in [6.07, 6.45) is 1.82. The maximum absolute atomic E-state index is 5.22. The van der Waals surface area contributed by atoms with Gasteiger partial charge in [-0.05, 0) is 6.92 Å². The SMILES string of the molecule is CCOc1ncc(C(C)(C)C)[nH]1. The molecule has 0 aliphatic rings. The Kier molecular flexibility index (Phi) is 2.40. The molecule has 0 aromatic carbocycles. The van der Waals surface area contributed by atoms with Crippen molar-refractivity contribution in [1.82, 2.24) is 9.97 Å². The van der Waals surface area contributed by atoms with Crippen molar-refractivity contribution in [3.05, 3.63) is 11.9 Å². The van der Waals surface area contributed by atoms with Crippen LogP contribution >= 0.6 is 0 Å². The van der Waals surface area contributed by atoms with Gasteiger partial charge < -0.3 is 9.72 Å². The molecule has 0 fully saturated rings. The van der Waals surface area contributed by atoms with Gasteiger partial charge in [-0.3, -0.25) is 0 Å². The first-order valence-electron chi connectivity index (χ1n) is 4.22. The topological polar surface area (TPSA) is 37.9 Å². The molecule has 0 unspecified atom stereocenters. The van der Waals surface area contributed by atoms with E-state index in [0.717, 1.165) is 5.69 Å². The Labute approximate surface area is 73.2 Å². The third-order valence-corrected chi connectivity index (χ3v) is 1.64. The molecule has 1 rings (SSSR count). The first-order chi connectivity index (χ1) is 5.54. The third kappa shape index (κ3) is 2.00. The number of H-pyrrole nitrogens is 1. The monoisotopic (exact) mass is 168 g/mol. The minimum absolute atomic E-state index is 0.113. The first kappa shape index (κ1) is 9.10. The molecule has 0 spiro atoms. The van der Waals surface area contributed by atoms with Gasteiger partial charge in [-0.25, -0.2) is 4.98 Å². The highest BCUT2D eigenvalue weighted by Crippen LogP contribution is 2.21. The molecule has 3 nitrogen and oxygen atoms in total. The lowest BCUT2D eigenvalue weighted by atomic mass is 9.93. The first-order valence-corrected chi connectivity index (χ1v) is 4.22. The second kappa shape index (κ2) is 3.17. The smallest absolute Gasteiger partial charge is 0.293 e. The Hall–Kier alpha value is -0.990. The van der Waals surface area contributed by atoms with Crippen molar-refractivity contribution in [3.8, 4) is 6.01 Å². The number of aromatic amines is 1. The summed E-state index contributed by atoms with van der Waals surface area (Å²) in [5.74, 6) is 0. The summed E-state index contributed by atoms with van der Waals surface area (Å²) in [4.78, 5) is 7.22. The molecule has 0 amide bonds. The van der Waals surface area contributed by atoms with Crippen molar-refractivity contribution >= 4 is 0 Å². The van der Waals surface area contributed by atoms with Crippen LogP contribution < -0.4 is 4.74 Å². The number of imidazole rings is 1. The van der Waals surface area contributed by atoms with Crippen LogP contribution in [0, 0.1) is 0 Å². The number of rotatable bonds is 2. The van der Waals surface area contributed by atoms with Crippen molar-refractivity contribution in [3.63, 3.8) is 0 Å². The Bertz CT molecular complexity index is 247. The van der Waals surface area contributed by atoms with Crippen LogP contribution in [0.2, 0.25) is 0 Å². The number of hydrogen-bond acceptors (Lipinski definition) is 2. The summed E-state index contributed by atoms with van der Waals surface area (Å²) in [6.45, 7) is 9.00. The van der Waals surface area contributed by atoms with Crippen molar-refractivity contribution in [2.75, 3.05) is 6.61 Å². The molecular weight excluding hydrogens is 152 g/mol. The molecule has 0 aliphatic heterocycles. The van der Waals surface area contributed by atoms with E-state index in [4.69, 9.17) is 4.74 Å². The highest BCUT2D eigenvalue weighted by molar-refractivity contribution is 5.13. The van der Waals surface area contributed by atoms with Gasteiger partial charge in [0.1, 0.15) is 0 Å². The zero-order chi connectivity index (χ0) is 9.19. The number of nitrogens with one attached hydrogen (secondary N) is 1. The summed E-state index contributed by atoms with van der Waals surface area (Å²) >= 11 is 0. The second-order valence-electron chi connectivity index (χ2n) is 3.79. The Morgan fingerprint density at radius 2 is 2.17 bits per heavy atom. The molecule has 1 aromatic rings. The number of ether oxygens (including phenoxy) is 1. The Morgan fingerprint density at radius 1 is 1.50 bits per heavy atom. The van der Waals surface area contributed by atoms with E-state index in [-0.39, 0.29) is 5.41 Å². The Balaban J connectivity index is 2.77. The minimum atomic E-state index is 0.113. The van der Waals surface area contributed by atoms with Gasteiger partial charge in [0.05, 0.1) is 12.8 Å². The lowest BCUT2D eigenvalue weighted by Crippen LogP contribution is -2.11. The van der Waals surface area contributed by atoms with E-state index in [1.807, 2.05) is 13.1 Å².